The van der Waals surface area contributed by atoms with Crippen molar-refractivity contribution < 1.29 is 4.79 Å². The number of amides is 1. The molecule has 0 bridgehead atoms. The lowest BCUT2D eigenvalue weighted by atomic mass is 10.0. The number of aromatic amines is 1. The van der Waals surface area contributed by atoms with Crippen LogP contribution in [0.5, 0.6) is 0 Å². The molecule has 0 fully saturated rings. The van der Waals surface area contributed by atoms with Gasteiger partial charge in [0.15, 0.2) is 0 Å². The highest BCUT2D eigenvalue weighted by Crippen LogP contribution is 2.06. The Hall–Kier alpha value is -1.52. The van der Waals surface area contributed by atoms with Crippen molar-refractivity contribution in [3.05, 3.63) is 11.8 Å². The Morgan fingerprint density at radius 2 is 2.27 bits per heavy atom. The third-order valence-corrected chi connectivity index (χ3v) is 2.55. The normalized spacial score (nSPS) is 10.6. The van der Waals surface area contributed by atoms with Gasteiger partial charge in [-0.1, -0.05) is 26.7 Å². The zero-order valence-electron chi connectivity index (χ0n) is 9.21. The minimum absolute atomic E-state index is 0.147. The van der Waals surface area contributed by atoms with Gasteiger partial charge in [0.25, 0.3) is 5.91 Å². The summed E-state index contributed by atoms with van der Waals surface area (Å²) in [5.41, 5.74) is 5.82. The van der Waals surface area contributed by atoms with Gasteiger partial charge >= 0.3 is 0 Å². The Balaban J connectivity index is 2.42. The number of carbonyl (C=O) groups excluding carboxylic acids is 1. The van der Waals surface area contributed by atoms with Crippen LogP contribution in [-0.2, 0) is 0 Å². The molecule has 0 spiro atoms. The van der Waals surface area contributed by atoms with Crippen LogP contribution in [0, 0.1) is 5.92 Å². The predicted molar refractivity (Wildman–Crippen MR) is 59.4 cm³/mol. The van der Waals surface area contributed by atoms with Crippen molar-refractivity contribution in [3.63, 3.8) is 0 Å². The number of nitrogen functional groups attached to an aromatic ring is 1. The van der Waals surface area contributed by atoms with Crippen LogP contribution >= 0.6 is 0 Å². The molecule has 1 rings (SSSR count). The topological polar surface area (TPSA) is 83.8 Å². The maximum absolute atomic E-state index is 11.6. The van der Waals surface area contributed by atoms with Crippen LogP contribution in [0.4, 0.5) is 5.82 Å². The van der Waals surface area contributed by atoms with Gasteiger partial charge in [0.2, 0.25) is 0 Å². The molecule has 5 heteroatoms. The van der Waals surface area contributed by atoms with Gasteiger partial charge in [-0.3, -0.25) is 9.89 Å². The van der Waals surface area contributed by atoms with Crippen molar-refractivity contribution in [2.75, 3.05) is 12.3 Å². The molecule has 0 saturated carbocycles. The lowest BCUT2D eigenvalue weighted by Crippen LogP contribution is -2.29. The Labute approximate surface area is 89.4 Å². The predicted octanol–water partition coefficient (Wildman–Crippen LogP) is 1.16. The van der Waals surface area contributed by atoms with Gasteiger partial charge in [-0.25, -0.2) is 0 Å². The number of H-pyrrole nitrogens is 1. The van der Waals surface area contributed by atoms with E-state index in [1.54, 1.807) is 0 Å². The van der Waals surface area contributed by atoms with Crippen molar-refractivity contribution >= 4 is 11.7 Å². The Morgan fingerprint density at radius 1 is 1.60 bits per heavy atom. The van der Waals surface area contributed by atoms with E-state index in [0.29, 0.717) is 24.0 Å². The summed E-state index contributed by atoms with van der Waals surface area (Å²) in [6, 6.07) is 1.53. The van der Waals surface area contributed by atoms with E-state index < -0.39 is 0 Å². The fourth-order valence-electron chi connectivity index (χ4n) is 1.36. The Kier molecular flexibility index (Phi) is 4.15. The first-order valence-electron chi connectivity index (χ1n) is 5.26. The lowest BCUT2D eigenvalue weighted by Gasteiger charge is -2.12. The summed E-state index contributed by atoms with van der Waals surface area (Å²) >= 11 is 0. The first kappa shape index (κ1) is 11.6. The number of nitrogens with one attached hydrogen (secondary N) is 2. The van der Waals surface area contributed by atoms with Gasteiger partial charge in [0.05, 0.1) is 0 Å². The highest BCUT2D eigenvalue weighted by atomic mass is 16.1. The second-order valence-corrected chi connectivity index (χ2v) is 3.60. The zero-order chi connectivity index (χ0) is 11.3. The van der Waals surface area contributed by atoms with Crippen LogP contribution in [-0.4, -0.2) is 22.6 Å². The maximum Gasteiger partial charge on any atom is 0.269 e. The molecule has 0 aliphatic rings. The lowest BCUT2D eigenvalue weighted by molar-refractivity contribution is 0.0941. The summed E-state index contributed by atoms with van der Waals surface area (Å²) in [4.78, 5) is 11.6. The van der Waals surface area contributed by atoms with Gasteiger partial charge in [-0.2, -0.15) is 5.10 Å². The van der Waals surface area contributed by atoms with E-state index in [-0.39, 0.29) is 5.91 Å². The fraction of sp³-hybridized carbons (Fsp3) is 0.600. The summed E-state index contributed by atoms with van der Waals surface area (Å²) in [6.45, 7) is 4.94. The summed E-state index contributed by atoms with van der Waals surface area (Å²) in [5, 5.41) is 9.12. The van der Waals surface area contributed by atoms with Crippen LogP contribution < -0.4 is 11.1 Å². The molecule has 0 saturated heterocycles. The van der Waals surface area contributed by atoms with Gasteiger partial charge in [0.1, 0.15) is 11.5 Å². The second kappa shape index (κ2) is 5.38. The summed E-state index contributed by atoms with van der Waals surface area (Å²) in [7, 11) is 0. The van der Waals surface area contributed by atoms with E-state index in [0.717, 1.165) is 12.8 Å². The molecule has 5 nitrogen and oxygen atoms in total. The summed E-state index contributed by atoms with van der Waals surface area (Å²) < 4.78 is 0. The van der Waals surface area contributed by atoms with Crippen LogP contribution in [0.2, 0.25) is 0 Å². The minimum Gasteiger partial charge on any atom is -0.382 e. The van der Waals surface area contributed by atoms with Crippen LogP contribution in [0.25, 0.3) is 0 Å². The number of nitrogens with zero attached hydrogens (tertiary/aromatic N) is 1. The van der Waals surface area contributed by atoms with Gasteiger partial charge in [-0.05, 0) is 5.92 Å². The first-order chi connectivity index (χ1) is 7.17. The Morgan fingerprint density at radius 3 is 2.73 bits per heavy atom. The molecule has 0 atom stereocenters. The Bertz CT molecular complexity index is 317. The van der Waals surface area contributed by atoms with E-state index in [2.05, 4.69) is 29.4 Å². The fourth-order valence-corrected chi connectivity index (χ4v) is 1.36. The van der Waals surface area contributed by atoms with E-state index in [9.17, 15) is 4.79 Å². The number of aromatic nitrogens is 2. The molecular weight excluding hydrogens is 192 g/mol. The second-order valence-electron chi connectivity index (χ2n) is 3.60. The summed E-state index contributed by atoms with van der Waals surface area (Å²) in [6.07, 6.45) is 2.14. The molecule has 0 aromatic carbocycles. The number of nitrogens with two attached hydrogens (primary N) is 1. The molecule has 84 valence electrons. The molecule has 0 aliphatic carbocycles. The van der Waals surface area contributed by atoms with Crippen LogP contribution in [0.15, 0.2) is 6.07 Å². The van der Waals surface area contributed by atoms with Gasteiger partial charge in [-0.15, -0.1) is 0 Å². The molecule has 4 N–H and O–H groups in total. The largest absolute Gasteiger partial charge is 0.382 e. The van der Waals surface area contributed by atoms with Crippen molar-refractivity contribution in [1.29, 1.82) is 0 Å². The molecular formula is C10H18N4O. The first-order valence-corrected chi connectivity index (χ1v) is 5.26. The maximum atomic E-state index is 11.6. The highest BCUT2D eigenvalue weighted by Gasteiger charge is 2.10. The SMILES string of the molecule is CCC(CC)CNC(=O)c1cc(N)n[nH]1. The molecule has 15 heavy (non-hydrogen) atoms. The number of hydrogen-bond acceptors (Lipinski definition) is 3. The molecule has 0 radical (unpaired) electrons. The zero-order valence-corrected chi connectivity index (χ0v) is 9.21. The third-order valence-electron chi connectivity index (χ3n) is 2.55. The molecule has 0 aliphatic heterocycles. The summed E-state index contributed by atoms with van der Waals surface area (Å²) in [5.74, 6) is 0.725. The van der Waals surface area contributed by atoms with E-state index in [1.807, 2.05) is 0 Å². The molecule has 1 aromatic rings. The molecule has 1 heterocycles. The highest BCUT2D eigenvalue weighted by molar-refractivity contribution is 5.92. The van der Waals surface area contributed by atoms with Crippen molar-refractivity contribution in [2.24, 2.45) is 5.92 Å². The average molecular weight is 210 g/mol. The number of rotatable bonds is 5. The average Bonchev–Trinajstić information content (AvgIpc) is 2.66. The van der Waals surface area contributed by atoms with Gasteiger partial charge in [0, 0.05) is 12.6 Å². The van der Waals surface area contributed by atoms with Crippen LogP contribution in [0.3, 0.4) is 0 Å². The van der Waals surface area contributed by atoms with E-state index >= 15 is 0 Å². The molecule has 0 unspecified atom stereocenters. The van der Waals surface area contributed by atoms with Crippen molar-refractivity contribution in [1.82, 2.24) is 15.5 Å². The molecule has 1 aromatic heterocycles. The smallest absolute Gasteiger partial charge is 0.269 e. The van der Waals surface area contributed by atoms with Gasteiger partial charge < -0.3 is 11.1 Å². The number of carbonyl (C=O) groups is 1. The third kappa shape index (κ3) is 3.27. The van der Waals surface area contributed by atoms with E-state index in [1.165, 1.54) is 6.07 Å². The van der Waals surface area contributed by atoms with Crippen LogP contribution in [0.1, 0.15) is 37.2 Å². The van der Waals surface area contributed by atoms with Crippen molar-refractivity contribution in [2.45, 2.75) is 26.7 Å². The van der Waals surface area contributed by atoms with E-state index in [4.69, 9.17) is 5.73 Å². The minimum atomic E-state index is -0.147. The number of hydrogen-bond donors (Lipinski definition) is 3. The monoisotopic (exact) mass is 210 g/mol. The van der Waals surface area contributed by atoms with Crippen molar-refractivity contribution in [3.8, 4) is 0 Å². The molecule has 1 amide bonds. The standard InChI is InChI=1S/C10H18N4O/c1-3-7(4-2)6-12-10(15)8-5-9(11)14-13-8/h5,7H,3-4,6H2,1-2H3,(H,12,15)(H3,11,13,14). The number of anilines is 1. The quantitative estimate of drug-likeness (QED) is 0.681.